The standard InChI is InChI=1S/C8H9F3N2O/c1-5-6(12)2-3-7(14)13(5)4-8(9,10)11/h2-3H,4,12H2,1H3. The van der Waals surface area contributed by atoms with Crippen molar-refractivity contribution in [3.8, 4) is 0 Å². The predicted molar refractivity (Wildman–Crippen MR) is 45.9 cm³/mol. The zero-order valence-electron chi connectivity index (χ0n) is 7.43. The first-order valence-corrected chi connectivity index (χ1v) is 3.84. The zero-order valence-corrected chi connectivity index (χ0v) is 7.43. The summed E-state index contributed by atoms with van der Waals surface area (Å²) in [6, 6.07) is 2.32. The van der Waals surface area contributed by atoms with Crippen molar-refractivity contribution in [1.29, 1.82) is 0 Å². The third-order valence-corrected chi connectivity index (χ3v) is 1.83. The van der Waals surface area contributed by atoms with Crippen LogP contribution in [0.5, 0.6) is 0 Å². The van der Waals surface area contributed by atoms with Crippen LogP contribution in [0, 0.1) is 6.92 Å². The second-order valence-electron chi connectivity index (χ2n) is 2.91. The molecule has 0 atom stereocenters. The van der Waals surface area contributed by atoms with E-state index in [9.17, 15) is 18.0 Å². The maximum absolute atomic E-state index is 12.0. The van der Waals surface area contributed by atoms with Crippen molar-refractivity contribution in [2.45, 2.75) is 19.6 Å². The van der Waals surface area contributed by atoms with Gasteiger partial charge in [-0.2, -0.15) is 13.2 Å². The summed E-state index contributed by atoms with van der Waals surface area (Å²) in [5, 5.41) is 0. The van der Waals surface area contributed by atoms with E-state index >= 15 is 0 Å². The second kappa shape index (κ2) is 3.36. The van der Waals surface area contributed by atoms with Crippen molar-refractivity contribution >= 4 is 5.69 Å². The van der Waals surface area contributed by atoms with Crippen LogP contribution in [0.1, 0.15) is 5.69 Å². The molecule has 1 aromatic heterocycles. The average molecular weight is 206 g/mol. The average Bonchev–Trinajstić information content (AvgIpc) is 2.04. The molecule has 0 fully saturated rings. The van der Waals surface area contributed by atoms with Crippen molar-refractivity contribution in [3.63, 3.8) is 0 Å². The molecule has 1 heterocycles. The number of hydrogen-bond acceptors (Lipinski definition) is 2. The quantitative estimate of drug-likeness (QED) is 0.752. The van der Waals surface area contributed by atoms with Gasteiger partial charge in [0.05, 0.1) is 5.69 Å². The number of aromatic nitrogens is 1. The lowest BCUT2D eigenvalue weighted by Crippen LogP contribution is -2.29. The summed E-state index contributed by atoms with van der Waals surface area (Å²) >= 11 is 0. The van der Waals surface area contributed by atoms with Gasteiger partial charge < -0.3 is 10.3 Å². The van der Waals surface area contributed by atoms with Gasteiger partial charge in [-0.05, 0) is 13.0 Å². The molecule has 0 saturated heterocycles. The minimum Gasteiger partial charge on any atom is -0.397 e. The summed E-state index contributed by atoms with van der Waals surface area (Å²) in [6.45, 7) is 0.0746. The number of alkyl halides is 3. The molecular weight excluding hydrogens is 197 g/mol. The van der Waals surface area contributed by atoms with Crippen LogP contribution in [0.2, 0.25) is 0 Å². The van der Waals surface area contributed by atoms with E-state index in [1.54, 1.807) is 0 Å². The van der Waals surface area contributed by atoms with Gasteiger partial charge in [-0.15, -0.1) is 0 Å². The number of anilines is 1. The van der Waals surface area contributed by atoms with Crippen LogP contribution >= 0.6 is 0 Å². The fraction of sp³-hybridized carbons (Fsp3) is 0.375. The third-order valence-electron chi connectivity index (χ3n) is 1.83. The summed E-state index contributed by atoms with van der Waals surface area (Å²) in [6.07, 6.45) is -4.41. The molecule has 0 aliphatic heterocycles. The number of nitrogens with zero attached hydrogens (tertiary/aromatic N) is 1. The summed E-state index contributed by atoms with van der Waals surface area (Å²) in [5.41, 5.74) is 4.99. The molecule has 0 aromatic carbocycles. The van der Waals surface area contributed by atoms with Crippen molar-refractivity contribution in [2.24, 2.45) is 0 Å². The lowest BCUT2D eigenvalue weighted by atomic mass is 10.3. The molecule has 0 aliphatic carbocycles. The monoisotopic (exact) mass is 206 g/mol. The Balaban J connectivity index is 3.20. The first-order chi connectivity index (χ1) is 6.31. The summed E-state index contributed by atoms with van der Waals surface area (Å²) in [5.74, 6) is 0. The molecule has 0 unspecified atom stereocenters. The molecule has 1 aromatic rings. The van der Waals surface area contributed by atoms with E-state index in [0.717, 1.165) is 6.07 Å². The minimum atomic E-state index is -4.41. The molecule has 0 radical (unpaired) electrons. The maximum atomic E-state index is 12.0. The first kappa shape index (κ1) is 10.6. The fourth-order valence-electron chi connectivity index (χ4n) is 1.07. The molecule has 0 spiro atoms. The molecule has 78 valence electrons. The Hall–Kier alpha value is -1.46. The van der Waals surface area contributed by atoms with Crippen molar-refractivity contribution in [3.05, 3.63) is 28.2 Å². The van der Waals surface area contributed by atoms with Gasteiger partial charge >= 0.3 is 6.18 Å². The van der Waals surface area contributed by atoms with Crippen molar-refractivity contribution < 1.29 is 13.2 Å². The highest BCUT2D eigenvalue weighted by atomic mass is 19.4. The summed E-state index contributed by atoms with van der Waals surface area (Å²) in [7, 11) is 0. The van der Waals surface area contributed by atoms with Crippen molar-refractivity contribution in [1.82, 2.24) is 4.57 Å². The van der Waals surface area contributed by atoms with Gasteiger partial charge in [0.25, 0.3) is 5.56 Å². The van der Waals surface area contributed by atoms with E-state index in [1.165, 1.54) is 13.0 Å². The SMILES string of the molecule is Cc1c(N)ccc(=O)n1CC(F)(F)F. The topological polar surface area (TPSA) is 48.0 Å². The van der Waals surface area contributed by atoms with Gasteiger partial charge in [-0.25, -0.2) is 0 Å². The molecule has 14 heavy (non-hydrogen) atoms. The number of pyridine rings is 1. The second-order valence-corrected chi connectivity index (χ2v) is 2.91. The Morgan fingerprint density at radius 3 is 2.50 bits per heavy atom. The Bertz CT molecular complexity index is 395. The first-order valence-electron chi connectivity index (χ1n) is 3.84. The Morgan fingerprint density at radius 2 is 2.00 bits per heavy atom. The van der Waals surface area contributed by atoms with Gasteiger partial charge in [0.1, 0.15) is 6.54 Å². The van der Waals surface area contributed by atoms with Crippen LogP contribution < -0.4 is 11.3 Å². The van der Waals surface area contributed by atoms with Crippen LogP contribution in [0.3, 0.4) is 0 Å². The number of nitrogens with two attached hydrogens (primary N) is 1. The minimum absolute atomic E-state index is 0.134. The molecule has 2 N–H and O–H groups in total. The van der Waals surface area contributed by atoms with Crippen LogP contribution in [0.25, 0.3) is 0 Å². The van der Waals surface area contributed by atoms with Gasteiger partial charge in [0.15, 0.2) is 0 Å². The number of hydrogen-bond donors (Lipinski definition) is 1. The van der Waals surface area contributed by atoms with E-state index in [0.29, 0.717) is 4.57 Å². The molecular formula is C8H9F3N2O. The highest BCUT2D eigenvalue weighted by Gasteiger charge is 2.29. The Morgan fingerprint density at radius 1 is 1.43 bits per heavy atom. The highest BCUT2D eigenvalue weighted by Crippen LogP contribution is 2.18. The normalized spacial score (nSPS) is 11.7. The Labute approximate surface area is 78.0 Å². The smallest absolute Gasteiger partial charge is 0.397 e. The van der Waals surface area contributed by atoms with Gasteiger partial charge in [-0.3, -0.25) is 4.79 Å². The van der Waals surface area contributed by atoms with E-state index in [2.05, 4.69) is 0 Å². The molecule has 0 amide bonds. The van der Waals surface area contributed by atoms with Crippen molar-refractivity contribution in [2.75, 3.05) is 5.73 Å². The lowest BCUT2D eigenvalue weighted by molar-refractivity contribution is -0.141. The highest BCUT2D eigenvalue weighted by molar-refractivity contribution is 5.41. The molecule has 0 aliphatic rings. The van der Waals surface area contributed by atoms with Gasteiger partial charge in [-0.1, -0.05) is 0 Å². The van der Waals surface area contributed by atoms with Crippen LogP contribution in [-0.2, 0) is 6.54 Å². The molecule has 6 heteroatoms. The van der Waals surface area contributed by atoms with E-state index < -0.39 is 18.3 Å². The van der Waals surface area contributed by atoms with E-state index in [4.69, 9.17) is 5.73 Å². The Kier molecular flexibility index (Phi) is 2.55. The van der Waals surface area contributed by atoms with E-state index in [-0.39, 0.29) is 11.4 Å². The molecule has 3 nitrogen and oxygen atoms in total. The maximum Gasteiger partial charge on any atom is 0.406 e. The van der Waals surface area contributed by atoms with Crippen LogP contribution in [0.15, 0.2) is 16.9 Å². The summed E-state index contributed by atoms with van der Waals surface area (Å²) < 4.78 is 36.7. The van der Waals surface area contributed by atoms with E-state index in [1.807, 2.05) is 0 Å². The number of nitrogen functional groups attached to an aromatic ring is 1. The predicted octanol–water partition coefficient (Wildman–Crippen LogP) is 1.30. The van der Waals surface area contributed by atoms with Crippen LogP contribution in [-0.4, -0.2) is 10.7 Å². The van der Waals surface area contributed by atoms with Crippen LogP contribution in [0.4, 0.5) is 18.9 Å². The zero-order chi connectivity index (χ0) is 10.9. The fourth-order valence-corrected chi connectivity index (χ4v) is 1.07. The lowest BCUT2D eigenvalue weighted by Gasteiger charge is -2.13. The molecule has 0 bridgehead atoms. The molecule has 1 rings (SSSR count). The summed E-state index contributed by atoms with van der Waals surface area (Å²) in [4.78, 5) is 11.1. The largest absolute Gasteiger partial charge is 0.406 e. The third kappa shape index (κ3) is 2.27. The molecule has 0 saturated carbocycles. The van der Waals surface area contributed by atoms with Gasteiger partial charge in [0.2, 0.25) is 0 Å². The number of halogens is 3. The van der Waals surface area contributed by atoms with Gasteiger partial charge in [0, 0.05) is 11.8 Å². The number of rotatable bonds is 1.